The van der Waals surface area contributed by atoms with Gasteiger partial charge in [-0.25, -0.2) is 12.8 Å². The van der Waals surface area contributed by atoms with Crippen LogP contribution in [0.3, 0.4) is 0 Å². The Morgan fingerprint density at radius 2 is 1.59 bits per heavy atom. The highest BCUT2D eigenvalue weighted by atomic mass is 32.2. The van der Waals surface area contributed by atoms with Crippen LogP contribution in [0.15, 0.2) is 54.6 Å². The van der Waals surface area contributed by atoms with Gasteiger partial charge in [-0.3, -0.25) is 13.9 Å². The monoisotopic (exact) mass is 463 g/mol. The standard InChI is InChI=1S/C23H30FN3O4S/c1-17(2)14-25-23(29)18(3)26(15-19-10-8-9-13-21(19)24)22(28)16-27(32(4,30)31)20-11-6-5-7-12-20/h5-13,17-18H,14-16H2,1-4H3,(H,25,29). The lowest BCUT2D eigenvalue weighted by atomic mass is 10.1. The largest absolute Gasteiger partial charge is 0.354 e. The van der Waals surface area contributed by atoms with Crippen molar-refractivity contribution in [2.45, 2.75) is 33.4 Å². The Hall–Kier alpha value is -2.94. The Bertz CT molecular complexity index is 1030. The second-order valence-electron chi connectivity index (χ2n) is 8.03. The molecule has 0 bridgehead atoms. The predicted octanol–water partition coefficient (Wildman–Crippen LogP) is 2.78. The average Bonchev–Trinajstić information content (AvgIpc) is 2.74. The number of carbonyl (C=O) groups is 2. The fourth-order valence-electron chi connectivity index (χ4n) is 3.05. The lowest BCUT2D eigenvalue weighted by molar-refractivity contribution is -0.139. The summed E-state index contributed by atoms with van der Waals surface area (Å²) in [5.74, 6) is -1.31. The number of hydrogen-bond donors (Lipinski definition) is 1. The molecule has 0 spiro atoms. The van der Waals surface area contributed by atoms with Crippen molar-refractivity contribution in [1.82, 2.24) is 10.2 Å². The van der Waals surface area contributed by atoms with Gasteiger partial charge in [0.25, 0.3) is 0 Å². The van der Waals surface area contributed by atoms with Crippen LogP contribution in [0.5, 0.6) is 0 Å². The summed E-state index contributed by atoms with van der Waals surface area (Å²) in [6.07, 6.45) is 1.01. The quantitative estimate of drug-likeness (QED) is 0.587. The van der Waals surface area contributed by atoms with Crippen LogP contribution >= 0.6 is 0 Å². The minimum absolute atomic E-state index is 0.172. The van der Waals surface area contributed by atoms with E-state index >= 15 is 0 Å². The fraction of sp³-hybridized carbons (Fsp3) is 0.391. The number of sulfonamides is 1. The molecule has 0 radical (unpaired) electrons. The van der Waals surface area contributed by atoms with Gasteiger partial charge in [0.2, 0.25) is 21.8 Å². The van der Waals surface area contributed by atoms with Crippen molar-refractivity contribution >= 4 is 27.5 Å². The number of nitrogens with one attached hydrogen (secondary N) is 1. The van der Waals surface area contributed by atoms with E-state index in [0.29, 0.717) is 12.2 Å². The van der Waals surface area contributed by atoms with Gasteiger partial charge in [-0.15, -0.1) is 0 Å². The molecule has 0 heterocycles. The van der Waals surface area contributed by atoms with Gasteiger partial charge in [-0.05, 0) is 31.0 Å². The van der Waals surface area contributed by atoms with Gasteiger partial charge < -0.3 is 10.2 Å². The maximum absolute atomic E-state index is 14.3. The molecular weight excluding hydrogens is 433 g/mol. The summed E-state index contributed by atoms with van der Waals surface area (Å²) in [6, 6.07) is 13.3. The van der Waals surface area contributed by atoms with Gasteiger partial charge in [0.05, 0.1) is 11.9 Å². The summed E-state index contributed by atoms with van der Waals surface area (Å²) in [7, 11) is -3.78. The summed E-state index contributed by atoms with van der Waals surface area (Å²) in [4.78, 5) is 27.2. The molecule has 0 aliphatic rings. The first kappa shape index (κ1) is 25.3. The molecule has 0 aromatic heterocycles. The summed E-state index contributed by atoms with van der Waals surface area (Å²) in [5.41, 5.74) is 0.557. The number of anilines is 1. The molecule has 0 aliphatic heterocycles. The molecule has 174 valence electrons. The van der Waals surface area contributed by atoms with Crippen LogP contribution in [0.1, 0.15) is 26.3 Å². The lowest BCUT2D eigenvalue weighted by Gasteiger charge is -2.31. The Balaban J connectivity index is 2.35. The highest BCUT2D eigenvalue weighted by Crippen LogP contribution is 2.19. The van der Waals surface area contributed by atoms with Gasteiger partial charge in [-0.2, -0.15) is 0 Å². The number of nitrogens with zero attached hydrogens (tertiary/aromatic N) is 2. The smallest absolute Gasteiger partial charge is 0.244 e. The normalized spacial score (nSPS) is 12.3. The van der Waals surface area contributed by atoms with Crippen molar-refractivity contribution in [3.8, 4) is 0 Å². The molecule has 2 aromatic rings. The van der Waals surface area contributed by atoms with Crippen molar-refractivity contribution in [2.24, 2.45) is 5.92 Å². The van der Waals surface area contributed by atoms with Crippen LogP contribution in [0.4, 0.5) is 10.1 Å². The van der Waals surface area contributed by atoms with Gasteiger partial charge in [-0.1, -0.05) is 50.2 Å². The van der Waals surface area contributed by atoms with E-state index in [-0.39, 0.29) is 18.0 Å². The zero-order valence-electron chi connectivity index (χ0n) is 18.8. The number of carbonyl (C=O) groups excluding carboxylic acids is 2. The maximum atomic E-state index is 14.3. The molecule has 32 heavy (non-hydrogen) atoms. The first-order chi connectivity index (χ1) is 15.0. The highest BCUT2D eigenvalue weighted by molar-refractivity contribution is 7.92. The molecule has 2 aromatic carbocycles. The number of rotatable bonds is 10. The fourth-order valence-corrected chi connectivity index (χ4v) is 3.90. The highest BCUT2D eigenvalue weighted by Gasteiger charge is 2.30. The number of para-hydroxylation sites is 1. The minimum Gasteiger partial charge on any atom is -0.354 e. The predicted molar refractivity (Wildman–Crippen MR) is 123 cm³/mol. The topological polar surface area (TPSA) is 86.8 Å². The van der Waals surface area contributed by atoms with E-state index in [1.54, 1.807) is 43.3 Å². The van der Waals surface area contributed by atoms with Crippen LogP contribution in [0.2, 0.25) is 0 Å². The van der Waals surface area contributed by atoms with Crippen molar-refractivity contribution in [3.05, 3.63) is 66.0 Å². The van der Waals surface area contributed by atoms with E-state index in [9.17, 15) is 22.4 Å². The van der Waals surface area contributed by atoms with E-state index in [1.807, 2.05) is 13.8 Å². The van der Waals surface area contributed by atoms with Crippen LogP contribution < -0.4 is 9.62 Å². The molecule has 9 heteroatoms. The number of halogens is 1. The van der Waals surface area contributed by atoms with E-state index in [4.69, 9.17) is 0 Å². The molecule has 7 nitrogen and oxygen atoms in total. The van der Waals surface area contributed by atoms with Crippen LogP contribution in [-0.4, -0.2) is 50.5 Å². The minimum atomic E-state index is -3.78. The number of hydrogen-bond acceptors (Lipinski definition) is 4. The van der Waals surface area contributed by atoms with Gasteiger partial charge in [0, 0.05) is 18.7 Å². The van der Waals surface area contributed by atoms with Crippen molar-refractivity contribution < 1.29 is 22.4 Å². The first-order valence-corrected chi connectivity index (χ1v) is 12.2. The average molecular weight is 464 g/mol. The van der Waals surface area contributed by atoms with Crippen LogP contribution in [0.25, 0.3) is 0 Å². The molecule has 1 atom stereocenters. The summed E-state index contributed by atoms with van der Waals surface area (Å²) in [5, 5.41) is 2.77. The molecular formula is C23H30FN3O4S. The molecule has 0 fully saturated rings. The summed E-state index contributed by atoms with van der Waals surface area (Å²) >= 11 is 0. The van der Waals surface area contributed by atoms with E-state index in [2.05, 4.69) is 5.32 Å². The van der Waals surface area contributed by atoms with Gasteiger partial charge >= 0.3 is 0 Å². The Morgan fingerprint density at radius 3 is 2.16 bits per heavy atom. The molecule has 1 unspecified atom stereocenters. The van der Waals surface area contributed by atoms with E-state index in [1.165, 1.54) is 23.1 Å². The zero-order chi connectivity index (χ0) is 23.9. The van der Waals surface area contributed by atoms with Gasteiger partial charge in [0.1, 0.15) is 18.4 Å². The van der Waals surface area contributed by atoms with Crippen molar-refractivity contribution in [1.29, 1.82) is 0 Å². The summed E-state index contributed by atoms with van der Waals surface area (Å²) < 4.78 is 40.1. The lowest BCUT2D eigenvalue weighted by Crippen LogP contribution is -2.51. The molecule has 0 saturated heterocycles. The van der Waals surface area contributed by atoms with E-state index < -0.39 is 40.2 Å². The van der Waals surface area contributed by atoms with E-state index in [0.717, 1.165) is 10.6 Å². The number of amides is 2. The molecule has 0 saturated carbocycles. The second kappa shape index (κ2) is 11.1. The third-order valence-electron chi connectivity index (χ3n) is 4.87. The Morgan fingerprint density at radius 1 is 1.00 bits per heavy atom. The SMILES string of the molecule is CC(C)CNC(=O)C(C)N(Cc1ccccc1F)C(=O)CN(c1ccccc1)S(C)(=O)=O. The zero-order valence-corrected chi connectivity index (χ0v) is 19.6. The molecule has 2 rings (SSSR count). The third-order valence-corrected chi connectivity index (χ3v) is 6.01. The molecule has 1 N–H and O–H groups in total. The second-order valence-corrected chi connectivity index (χ2v) is 9.94. The molecule has 2 amide bonds. The van der Waals surface area contributed by atoms with Crippen molar-refractivity contribution in [3.63, 3.8) is 0 Å². The van der Waals surface area contributed by atoms with Crippen LogP contribution in [0, 0.1) is 11.7 Å². The van der Waals surface area contributed by atoms with Crippen LogP contribution in [-0.2, 0) is 26.2 Å². The van der Waals surface area contributed by atoms with Gasteiger partial charge in [0.15, 0.2) is 0 Å². The Labute approximate surface area is 189 Å². The maximum Gasteiger partial charge on any atom is 0.244 e. The van der Waals surface area contributed by atoms with Crippen molar-refractivity contribution in [2.75, 3.05) is 23.7 Å². The Kier molecular flexibility index (Phi) is 8.77. The number of benzene rings is 2. The third kappa shape index (κ3) is 7.05. The summed E-state index contributed by atoms with van der Waals surface area (Å²) in [6.45, 7) is 5.16. The molecule has 0 aliphatic carbocycles. The first-order valence-electron chi connectivity index (χ1n) is 10.3.